The maximum absolute atomic E-state index is 4.40. The lowest BCUT2D eigenvalue weighted by atomic mass is 10.0. The summed E-state index contributed by atoms with van der Waals surface area (Å²) < 4.78 is 0. The normalized spacial score (nSPS) is 17.4. The lowest BCUT2D eigenvalue weighted by Crippen LogP contribution is -2.31. The third kappa shape index (κ3) is 1.01. The van der Waals surface area contributed by atoms with Gasteiger partial charge in [0.15, 0.2) is 0 Å². The van der Waals surface area contributed by atoms with Crippen LogP contribution in [0.4, 0.5) is 0 Å². The maximum Gasteiger partial charge on any atom is 0.140 e. The summed E-state index contributed by atoms with van der Waals surface area (Å²) in [5.74, 6) is 1.06. The molecule has 0 atom stereocenters. The first-order chi connectivity index (χ1) is 6.95. The molecule has 0 aliphatic carbocycles. The number of hydrogen-bond acceptors (Lipinski definition) is 2. The molecule has 0 amide bonds. The first-order valence-corrected chi connectivity index (χ1v) is 4.72. The number of benzene rings is 1. The lowest BCUT2D eigenvalue weighted by molar-refractivity contribution is 0.614. The topological polar surface area (TPSA) is 15.6 Å². The molecule has 2 nitrogen and oxygen atoms in total. The van der Waals surface area contributed by atoms with Gasteiger partial charge < -0.3 is 4.90 Å². The van der Waals surface area contributed by atoms with Gasteiger partial charge in [-0.1, -0.05) is 24.3 Å². The van der Waals surface area contributed by atoms with E-state index in [0.717, 1.165) is 12.4 Å². The highest BCUT2D eigenvalue weighted by molar-refractivity contribution is 6.05. The fourth-order valence-corrected chi connectivity index (χ4v) is 1.82. The van der Waals surface area contributed by atoms with Crippen LogP contribution < -0.4 is 0 Å². The standard InChI is InChI=1S/C12H10N2/c1-2-5-11-10(4-1)6-9-14-8-3-7-13-12(11)14/h1-7,9H,8H2. The van der Waals surface area contributed by atoms with Crippen molar-refractivity contribution in [1.82, 2.24) is 4.90 Å². The second-order valence-corrected chi connectivity index (χ2v) is 3.39. The number of amidine groups is 1. The minimum absolute atomic E-state index is 0.920. The van der Waals surface area contributed by atoms with Gasteiger partial charge in [-0.05, 0) is 17.7 Å². The van der Waals surface area contributed by atoms with Gasteiger partial charge in [0.05, 0.1) is 0 Å². The molecule has 1 aromatic carbocycles. The quantitative estimate of drug-likeness (QED) is 0.600. The number of nitrogens with zero attached hydrogens (tertiary/aromatic N) is 2. The van der Waals surface area contributed by atoms with Crippen LogP contribution >= 0.6 is 0 Å². The highest BCUT2D eigenvalue weighted by Gasteiger charge is 2.17. The van der Waals surface area contributed by atoms with Crippen LogP contribution in [0.15, 0.2) is 47.7 Å². The Labute approximate surface area is 82.9 Å². The molecule has 0 unspecified atom stereocenters. The fraction of sp³-hybridized carbons (Fsp3) is 0.0833. The third-order valence-electron chi connectivity index (χ3n) is 2.51. The summed E-state index contributed by atoms with van der Waals surface area (Å²) >= 11 is 0. The van der Waals surface area contributed by atoms with Crippen molar-refractivity contribution in [3.05, 3.63) is 53.9 Å². The Morgan fingerprint density at radius 3 is 3.14 bits per heavy atom. The van der Waals surface area contributed by atoms with E-state index in [0.29, 0.717) is 0 Å². The summed E-state index contributed by atoms with van der Waals surface area (Å²) in [6.07, 6.45) is 8.15. The van der Waals surface area contributed by atoms with Crippen LogP contribution in [0.5, 0.6) is 0 Å². The second-order valence-electron chi connectivity index (χ2n) is 3.39. The predicted molar refractivity (Wildman–Crippen MR) is 57.9 cm³/mol. The van der Waals surface area contributed by atoms with E-state index in [-0.39, 0.29) is 0 Å². The predicted octanol–water partition coefficient (Wildman–Crippen LogP) is 2.25. The van der Waals surface area contributed by atoms with Gasteiger partial charge in [0.2, 0.25) is 0 Å². The van der Waals surface area contributed by atoms with E-state index in [9.17, 15) is 0 Å². The number of rotatable bonds is 0. The fourth-order valence-electron chi connectivity index (χ4n) is 1.82. The molecule has 2 heterocycles. The molecule has 2 aliphatic rings. The molecule has 0 saturated carbocycles. The van der Waals surface area contributed by atoms with Gasteiger partial charge in [0.1, 0.15) is 5.84 Å². The highest BCUT2D eigenvalue weighted by atomic mass is 15.2. The number of aliphatic imine (C=N–C) groups is 1. The second kappa shape index (κ2) is 2.84. The minimum Gasteiger partial charge on any atom is -0.329 e. The van der Waals surface area contributed by atoms with Crippen molar-refractivity contribution in [2.45, 2.75) is 0 Å². The summed E-state index contributed by atoms with van der Waals surface area (Å²) in [6.45, 7) is 0.920. The van der Waals surface area contributed by atoms with Gasteiger partial charge in [-0.15, -0.1) is 0 Å². The lowest BCUT2D eigenvalue weighted by Gasteiger charge is -2.27. The van der Waals surface area contributed by atoms with Crippen LogP contribution in [-0.2, 0) is 0 Å². The largest absolute Gasteiger partial charge is 0.329 e. The van der Waals surface area contributed by atoms with Crippen LogP contribution in [0, 0.1) is 0 Å². The molecule has 68 valence electrons. The van der Waals surface area contributed by atoms with E-state index >= 15 is 0 Å². The van der Waals surface area contributed by atoms with Crippen LogP contribution in [0.2, 0.25) is 0 Å². The van der Waals surface area contributed by atoms with E-state index < -0.39 is 0 Å². The molecule has 0 radical (unpaired) electrons. The molecule has 0 bridgehead atoms. The van der Waals surface area contributed by atoms with Crippen LogP contribution in [-0.4, -0.2) is 17.3 Å². The van der Waals surface area contributed by atoms with E-state index in [1.54, 1.807) is 0 Å². The van der Waals surface area contributed by atoms with Gasteiger partial charge in [-0.25, -0.2) is 4.99 Å². The molecule has 0 spiro atoms. The zero-order chi connectivity index (χ0) is 9.38. The molecular formula is C12H10N2. The molecule has 2 heteroatoms. The Morgan fingerprint density at radius 1 is 1.21 bits per heavy atom. The van der Waals surface area contributed by atoms with E-state index in [1.165, 1.54) is 11.1 Å². The first kappa shape index (κ1) is 7.56. The van der Waals surface area contributed by atoms with E-state index in [1.807, 2.05) is 6.20 Å². The summed E-state index contributed by atoms with van der Waals surface area (Å²) in [5.41, 5.74) is 2.47. The average molecular weight is 182 g/mol. The third-order valence-corrected chi connectivity index (χ3v) is 2.51. The maximum atomic E-state index is 4.40. The van der Waals surface area contributed by atoms with Crippen molar-refractivity contribution in [3.63, 3.8) is 0 Å². The first-order valence-electron chi connectivity index (χ1n) is 4.72. The highest BCUT2D eigenvalue weighted by Crippen LogP contribution is 2.21. The molecule has 0 aromatic heterocycles. The van der Waals surface area contributed by atoms with E-state index in [4.69, 9.17) is 0 Å². The molecular weight excluding hydrogens is 172 g/mol. The van der Waals surface area contributed by atoms with Crippen molar-refractivity contribution in [1.29, 1.82) is 0 Å². The number of hydrogen-bond donors (Lipinski definition) is 0. The molecule has 14 heavy (non-hydrogen) atoms. The van der Waals surface area contributed by atoms with Crippen molar-refractivity contribution in [3.8, 4) is 0 Å². The molecule has 0 N–H and O–H groups in total. The average Bonchev–Trinajstić information content (AvgIpc) is 2.29. The van der Waals surface area contributed by atoms with Gasteiger partial charge in [0.25, 0.3) is 0 Å². The molecule has 3 rings (SSSR count). The van der Waals surface area contributed by atoms with Gasteiger partial charge in [0, 0.05) is 24.5 Å². The van der Waals surface area contributed by atoms with Crippen LogP contribution in [0.1, 0.15) is 11.1 Å². The summed E-state index contributed by atoms with van der Waals surface area (Å²) in [7, 11) is 0. The zero-order valence-electron chi connectivity index (χ0n) is 7.72. The Hall–Kier alpha value is -1.83. The smallest absolute Gasteiger partial charge is 0.140 e. The van der Waals surface area contributed by atoms with Crippen molar-refractivity contribution < 1.29 is 0 Å². The van der Waals surface area contributed by atoms with Crippen molar-refractivity contribution in [2.75, 3.05) is 6.54 Å². The monoisotopic (exact) mass is 182 g/mol. The summed E-state index contributed by atoms with van der Waals surface area (Å²) in [6, 6.07) is 8.34. The van der Waals surface area contributed by atoms with Crippen LogP contribution in [0.25, 0.3) is 6.08 Å². The minimum atomic E-state index is 0.920. The van der Waals surface area contributed by atoms with E-state index in [2.05, 4.69) is 52.5 Å². The molecule has 0 fully saturated rings. The molecule has 0 saturated heterocycles. The SMILES string of the molecule is C1=CN=C2c3ccccc3C=CN2C1. The zero-order valence-corrected chi connectivity index (χ0v) is 7.72. The van der Waals surface area contributed by atoms with Crippen molar-refractivity contribution >= 4 is 11.9 Å². The van der Waals surface area contributed by atoms with Crippen molar-refractivity contribution in [2.24, 2.45) is 4.99 Å². The summed E-state index contributed by atoms with van der Waals surface area (Å²) in [5, 5.41) is 0. The summed E-state index contributed by atoms with van der Waals surface area (Å²) in [4.78, 5) is 6.56. The van der Waals surface area contributed by atoms with Crippen LogP contribution in [0.3, 0.4) is 0 Å². The Morgan fingerprint density at radius 2 is 2.14 bits per heavy atom. The molecule has 2 aliphatic heterocycles. The Kier molecular flexibility index (Phi) is 1.53. The number of fused-ring (bicyclic) bond motifs is 3. The molecule has 1 aromatic rings. The van der Waals surface area contributed by atoms with Gasteiger partial charge in [-0.3, -0.25) is 0 Å². The van der Waals surface area contributed by atoms with Gasteiger partial charge >= 0.3 is 0 Å². The Balaban J connectivity index is 2.22. The Bertz CT molecular complexity index is 455. The van der Waals surface area contributed by atoms with Gasteiger partial charge in [-0.2, -0.15) is 0 Å².